The molecule has 0 saturated heterocycles. The Morgan fingerprint density at radius 2 is 1.82 bits per heavy atom. The summed E-state index contributed by atoms with van der Waals surface area (Å²) in [5.41, 5.74) is 6.14. The number of primary amides is 1. The molecule has 3 rings (SSSR count). The van der Waals surface area contributed by atoms with Crippen LogP contribution in [0.2, 0.25) is 0 Å². The number of nitrogens with one attached hydrogen (secondary N) is 1. The summed E-state index contributed by atoms with van der Waals surface area (Å²) >= 11 is 0. The molecule has 110 valence electrons. The summed E-state index contributed by atoms with van der Waals surface area (Å²) in [6, 6.07) is 12.6. The first-order valence-electron chi connectivity index (χ1n) is 6.38. The molecule has 3 aromatic rings. The predicted molar refractivity (Wildman–Crippen MR) is 76.8 cm³/mol. The topological polar surface area (TPSA) is 93.9 Å². The van der Waals surface area contributed by atoms with Crippen molar-refractivity contribution in [3.63, 3.8) is 0 Å². The van der Waals surface area contributed by atoms with Gasteiger partial charge in [-0.15, -0.1) is 0 Å². The molecule has 0 aliphatic rings. The lowest BCUT2D eigenvalue weighted by atomic mass is 10.1. The van der Waals surface area contributed by atoms with Gasteiger partial charge in [0.2, 0.25) is 0 Å². The Balaban J connectivity index is 2.01. The highest BCUT2D eigenvalue weighted by molar-refractivity contribution is 5.97. The van der Waals surface area contributed by atoms with Crippen molar-refractivity contribution in [2.24, 2.45) is 5.73 Å². The van der Waals surface area contributed by atoms with E-state index in [4.69, 9.17) is 10.5 Å². The van der Waals surface area contributed by atoms with Gasteiger partial charge in [0.1, 0.15) is 23.0 Å². The van der Waals surface area contributed by atoms with Crippen LogP contribution < -0.4 is 10.5 Å². The number of hydrogen-bond donors (Lipinski definition) is 2. The summed E-state index contributed by atoms with van der Waals surface area (Å²) in [6.45, 7) is 0. The van der Waals surface area contributed by atoms with E-state index >= 15 is 0 Å². The van der Waals surface area contributed by atoms with Gasteiger partial charge in [-0.2, -0.15) is 15.4 Å². The molecule has 1 aromatic heterocycles. The summed E-state index contributed by atoms with van der Waals surface area (Å²) < 4.78 is 18.7. The Hall–Kier alpha value is -3.22. The number of rotatable bonds is 4. The molecule has 0 aliphatic heterocycles. The van der Waals surface area contributed by atoms with E-state index in [-0.39, 0.29) is 11.5 Å². The van der Waals surface area contributed by atoms with Crippen LogP contribution in [0.4, 0.5) is 4.39 Å². The number of H-pyrrole nitrogens is 1. The van der Waals surface area contributed by atoms with E-state index in [1.807, 2.05) is 0 Å². The molecule has 1 amide bonds. The molecular weight excluding hydrogens is 287 g/mol. The average Bonchev–Trinajstić information content (AvgIpc) is 3.00. The summed E-state index contributed by atoms with van der Waals surface area (Å²) in [7, 11) is 0. The van der Waals surface area contributed by atoms with E-state index in [0.29, 0.717) is 22.8 Å². The molecule has 22 heavy (non-hydrogen) atoms. The quantitative estimate of drug-likeness (QED) is 0.773. The first-order chi connectivity index (χ1) is 10.6. The number of benzene rings is 2. The van der Waals surface area contributed by atoms with Gasteiger partial charge < -0.3 is 10.5 Å². The van der Waals surface area contributed by atoms with Gasteiger partial charge in [0.05, 0.1) is 0 Å². The lowest BCUT2D eigenvalue weighted by Crippen LogP contribution is -2.12. The molecule has 0 spiro atoms. The van der Waals surface area contributed by atoms with Crippen molar-refractivity contribution in [3.8, 4) is 22.8 Å². The third-order valence-electron chi connectivity index (χ3n) is 2.96. The first kappa shape index (κ1) is 13.7. The van der Waals surface area contributed by atoms with Crippen molar-refractivity contribution in [1.29, 1.82) is 0 Å². The SMILES string of the molecule is NC(=O)c1n[nH]nc1-c1ccccc1Oc1ccc(F)cc1. The Morgan fingerprint density at radius 3 is 2.55 bits per heavy atom. The molecule has 0 radical (unpaired) electrons. The van der Waals surface area contributed by atoms with Gasteiger partial charge in [-0.05, 0) is 36.4 Å². The molecule has 0 unspecified atom stereocenters. The minimum absolute atomic E-state index is 0.0233. The molecule has 0 fully saturated rings. The maximum Gasteiger partial charge on any atom is 0.271 e. The van der Waals surface area contributed by atoms with Crippen molar-refractivity contribution in [3.05, 3.63) is 60.0 Å². The fourth-order valence-electron chi connectivity index (χ4n) is 1.97. The van der Waals surface area contributed by atoms with E-state index in [0.717, 1.165) is 0 Å². The maximum absolute atomic E-state index is 12.9. The zero-order valence-electron chi connectivity index (χ0n) is 11.3. The normalized spacial score (nSPS) is 10.4. The molecule has 0 bridgehead atoms. The number of amides is 1. The number of aromatic amines is 1. The van der Waals surface area contributed by atoms with Crippen LogP contribution in [0.1, 0.15) is 10.5 Å². The van der Waals surface area contributed by atoms with Crippen LogP contribution in [0.25, 0.3) is 11.3 Å². The van der Waals surface area contributed by atoms with E-state index in [1.165, 1.54) is 24.3 Å². The second kappa shape index (κ2) is 5.65. The summed E-state index contributed by atoms with van der Waals surface area (Å²) in [6.07, 6.45) is 0. The molecule has 1 heterocycles. The maximum atomic E-state index is 12.9. The zero-order valence-corrected chi connectivity index (χ0v) is 11.3. The number of carbonyl (C=O) groups excluding carboxylic acids is 1. The number of hydrogen-bond acceptors (Lipinski definition) is 4. The number of aromatic nitrogens is 3. The van der Waals surface area contributed by atoms with Gasteiger partial charge in [0, 0.05) is 5.56 Å². The van der Waals surface area contributed by atoms with Gasteiger partial charge in [0.25, 0.3) is 5.91 Å². The average molecular weight is 298 g/mol. The van der Waals surface area contributed by atoms with Crippen LogP contribution >= 0.6 is 0 Å². The fraction of sp³-hybridized carbons (Fsp3) is 0. The van der Waals surface area contributed by atoms with Crippen molar-refractivity contribution >= 4 is 5.91 Å². The number of carbonyl (C=O) groups is 1. The van der Waals surface area contributed by atoms with Crippen LogP contribution in [0, 0.1) is 5.82 Å². The van der Waals surface area contributed by atoms with Crippen molar-refractivity contribution < 1.29 is 13.9 Å². The summed E-state index contributed by atoms with van der Waals surface area (Å²) in [4.78, 5) is 11.4. The molecule has 0 saturated carbocycles. The van der Waals surface area contributed by atoms with E-state index in [1.54, 1.807) is 24.3 Å². The lowest BCUT2D eigenvalue weighted by Gasteiger charge is -2.09. The van der Waals surface area contributed by atoms with Crippen LogP contribution in [0.5, 0.6) is 11.5 Å². The smallest absolute Gasteiger partial charge is 0.271 e. The molecule has 0 aliphatic carbocycles. The first-order valence-corrected chi connectivity index (χ1v) is 6.38. The van der Waals surface area contributed by atoms with Gasteiger partial charge >= 0.3 is 0 Å². The highest BCUT2D eigenvalue weighted by atomic mass is 19.1. The van der Waals surface area contributed by atoms with Crippen LogP contribution in [0.15, 0.2) is 48.5 Å². The molecule has 0 atom stereocenters. The second-order valence-electron chi connectivity index (χ2n) is 4.44. The standard InChI is InChI=1S/C15H11FN4O2/c16-9-5-7-10(8-6-9)22-12-4-2-1-3-11(12)13-14(15(17)21)19-20-18-13/h1-8H,(H2,17,21)(H,18,19,20). The van der Waals surface area contributed by atoms with Crippen LogP contribution in [0.3, 0.4) is 0 Å². The highest BCUT2D eigenvalue weighted by Gasteiger charge is 2.18. The molecule has 6 nitrogen and oxygen atoms in total. The number of ether oxygens (including phenoxy) is 1. The molecule has 3 N–H and O–H groups in total. The summed E-state index contributed by atoms with van der Waals surface area (Å²) in [5, 5.41) is 10.1. The Labute approximate surface area is 124 Å². The number of nitrogens with zero attached hydrogens (tertiary/aromatic N) is 2. The van der Waals surface area contributed by atoms with Crippen molar-refractivity contribution in [2.45, 2.75) is 0 Å². The van der Waals surface area contributed by atoms with E-state index in [9.17, 15) is 9.18 Å². The van der Waals surface area contributed by atoms with Gasteiger partial charge in [-0.3, -0.25) is 4.79 Å². The Kier molecular flexibility index (Phi) is 3.53. The third-order valence-corrected chi connectivity index (χ3v) is 2.96. The number of halogens is 1. The minimum atomic E-state index is -0.694. The van der Waals surface area contributed by atoms with Crippen LogP contribution in [-0.2, 0) is 0 Å². The zero-order chi connectivity index (χ0) is 15.5. The highest BCUT2D eigenvalue weighted by Crippen LogP contribution is 2.33. The van der Waals surface area contributed by atoms with Crippen LogP contribution in [-0.4, -0.2) is 21.3 Å². The lowest BCUT2D eigenvalue weighted by molar-refractivity contribution is 0.0996. The van der Waals surface area contributed by atoms with Crippen molar-refractivity contribution in [2.75, 3.05) is 0 Å². The van der Waals surface area contributed by atoms with E-state index in [2.05, 4.69) is 15.4 Å². The predicted octanol–water partition coefficient (Wildman–Crippen LogP) is 2.50. The monoisotopic (exact) mass is 298 g/mol. The minimum Gasteiger partial charge on any atom is -0.457 e. The molecular formula is C15H11FN4O2. The third kappa shape index (κ3) is 2.64. The summed E-state index contributed by atoms with van der Waals surface area (Å²) in [5.74, 6) is -0.142. The Bertz CT molecular complexity index is 814. The largest absolute Gasteiger partial charge is 0.457 e. The number of para-hydroxylation sites is 1. The fourth-order valence-corrected chi connectivity index (χ4v) is 1.97. The van der Waals surface area contributed by atoms with Gasteiger partial charge in [-0.1, -0.05) is 12.1 Å². The molecule has 7 heteroatoms. The van der Waals surface area contributed by atoms with Gasteiger partial charge in [0.15, 0.2) is 5.69 Å². The number of nitrogens with two attached hydrogens (primary N) is 1. The van der Waals surface area contributed by atoms with E-state index < -0.39 is 5.91 Å². The Morgan fingerprint density at radius 1 is 1.09 bits per heavy atom. The van der Waals surface area contributed by atoms with Gasteiger partial charge in [-0.25, -0.2) is 4.39 Å². The second-order valence-corrected chi connectivity index (χ2v) is 4.44. The molecule has 2 aromatic carbocycles. The van der Waals surface area contributed by atoms with Crippen molar-refractivity contribution in [1.82, 2.24) is 15.4 Å².